The van der Waals surface area contributed by atoms with Gasteiger partial charge in [0.2, 0.25) is 0 Å². The lowest BCUT2D eigenvalue weighted by Crippen LogP contribution is -2.16. The van der Waals surface area contributed by atoms with Crippen LogP contribution in [-0.2, 0) is 4.74 Å². The van der Waals surface area contributed by atoms with Crippen LogP contribution in [0, 0.1) is 0 Å². The minimum atomic E-state index is -0.518. The summed E-state index contributed by atoms with van der Waals surface area (Å²) in [6.07, 6.45) is -0.494. The molecule has 0 aliphatic heterocycles. The Hall–Kier alpha value is -1.26. The van der Waals surface area contributed by atoms with E-state index in [1.807, 2.05) is 13.0 Å². The highest BCUT2D eigenvalue weighted by atomic mass is 16.5. The summed E-state index contributed by atoms with van der Waals surface area (Å²) in [5.74, 6) is 1.27. The molecule has 0 aliphatic rings. The molecule has 96 valence electrons. The van der Waals surface area contributed by atoms with Crippen molar-refractivity contribution in [1.82, 2.24) is 0 Å². The van der Waals surface area contributed by atoms with Crippen LogP contribution in [-0.4, -0.2) is 32.0 Å². The molecule has 1 N–H and O–H groups in total. The van der Waals surface area contributed by atoms with Crippen molar-refractivity contribution >= 4 is 0 Å². The minimum Gasteiger partial charge on any atom is -0.493 e. The molecule has 2 atom stereocenters. The lowest BCUT2D eigenvalue weighted by atomic mass is 10.1. The molecule has 4 heteroatoms. The van der Waals surface area contributed by atoms with Crippen molar-refractivity contribution in [3.8, 4) is 11.5 Å². The van der Waals surface area contributed by atoms with Crippen LogP contribution < -0.4 is 9.47 Å². The van der Waals surface area contributed by atoms with Crippen molar-refractivity contribution < 1.29 is 19.3 Å². The van der Waals surface area contributed by atoms with Crippen LogP contribution in [0.1, 0.15) is 25.5 Å². The van der Waals surface area contributed by atoms with Crippen LogP contribution in [0.2, 0.25) is 0 Å². The number of hydrogen-bond donors (Lipinski definition) is 1. The Morgan fingerprint density at radius 2 is 1.88 bits per heavy atom. The normalized spacial score (nSPS) is 14.2. The van der Waals surface area contributed by atoms with E-state index in [0.717, 1.165) is 5.56 Å². The van der Waals surface area contributed by atoms with Gasteiger partial charge < -0.3 is 19.3 Å². The van der Waals surface area contributed by atoms with Gasteiger partial charge in [-0.2, -0.15) is 0 Å². The number of hydrogen-bond acceptors (Lipinski definition) is 4. The van der Waals surface area contributed by atoms with Gasteiger partial charge in [-0.3, -0.25) is 0 Å². The molecule has 0 fully saturated rings. The number of methoxy groups -OCH3 is 2. The molecule has 17 heavy (non-hydrogen) atoms. The molecule has 0 saturated heterocycles. The first-order valence-corrected chi connectivity index (χ1v) is 5.60. The molecule has 0 heterocycles. The zero-order chi connectivity index (χ0) is 12.8. The summed E-state index contributed by atoms with van der Waals surface area (Å²) >= 11 is 0. The molecule has 4 nitrogen and oxygen atoms in total. The SMILES string of the molecule is COc1cc([C@@H](C)O)ccc1OCC(C)OC. The quantitative estimate of drug-likeness (QED) is 0.827. The van der Waals surface area contributed by atoms with Crippen molar-refractivity contribution in [1.29, 1.82) is 0 Å². The highest BCUT2D eigenvalue weighted by Gasteiger charge is 2.10. The van der Waals surface area contributed by atoms with Gasteiger partial charge in [0.15, 0.2) is 11.5 Å². The van der Waals surface area contributed by atoms with Gasteiger partial charge in [0, 0.05) is 7.11 Å². The molecular weight excluding hydrogens is 220 g/mol. The molecule has 0 aromatic heterocycles. The molecule has 1 aromatic carbocycles. The first-order valence-electron chi connectivity index (χ1n) is 5.60. The summed E-state index contributed by atoms with van der Waals surface area (Å²) < 4.78 is 15.9. The van der Waals surface area contributed by atoms with Crippen molar-refractivity contribution in [3.63, 3.8) is 0 Å². The second-order valence-electron chi connectivity index (χ2n) is 3.94. The number of aliphatic hydroxyl groups excluding tert-OH is 1. The van der Waals surface area contributed by atoms with Gasteiger partial charge in [-0.25, -0.2) is 0 Å². The van der Waals surface area contributed by atoms with Gasteiger partial charge >= 0.3 is 0 Å². The van der Waals surface area contributed by atoms with Crippen LogP contribution >= 0.6 is 0 Å². The molecule has 0 amide bonds. The first kappa shape index (κ1) is 13.8. The van der Waals surface area contributed by atoms with Crippen molar-refractivity contribution in [2.75, 3.05) is 20.8 Å². The molecule has 0 aliphatic carbocycles. The fourth-order valence-electron chi connectivity index (χ4n) is 1.34. The molecule has 1 aromatic rings. The van der Waals surface area contributed by atoms with Gasteiger partial charge in [0.1, 0.15) is 6.61 Å². The van der Waals surface area contributed by atoms with E-state index in [9.17, 15) is 5.11 Å². The highest BCUT2D eigenvalue weighted by molar-refractivity contribution is 5.43. The molecular formula is C13H20O4. The largest absolute Gasteiger partial charge is 0.493 e. The zero-order valence-corrected chi connectivity index (χ0v) is 10.8. The van der Waals surface area contributed by atoms with Crippen LogP contribution in [0.3, 0.4) is 0 Å². The Morgan fingerprint density at radius 3 is 2.41 bits per heavy atom. The van der Waals surface area contributed by atoms with E-state index in [0.29, 0.717) is 18.1 Å². The maximum absolute atomic E-state index is 9.47. The third-order valence-corrected chi connectivity index (χ3v) is 2.55. The van der Waals surface area contributed by atoms with Crippen molar-refractivity contribution in [3.05, 3.63) is 23.8 Å². The Morgan fingerprint density at radius 1 is 1.18 bits per heavy atom. The summed E-state index contributed by atoms with van der Waals surface area (Å²) in [7, 11) is 3.22. The maximum atomic E-state index is 9.47. The molecule has 1 rings (SSSR count). The second kappa shape index (κ2) is 6.47. The van der Waals surface area contributed by atoms with E-state index >= 15 is 0 Å². The average Bonchev–Trinajstić information content (AvgIpc) is 2.35. The van der Waals surface area contributed by atoms with Gasteiger partial charge in [0.05, 0.1) is 19.3 Å². The van der Waals surface area contributed by atoms with Crippen LogP contribution in [0.4, 0.5) is 0 Å². The van der Waals surface area contributed by atoms with E-state index in [1.54, 1.807) is 33.3 Å². The average molecular weight is 240 g/mol. The van der Waals surface area contributed by atoms with Crippen molar-refractivity contribution in [2.45, 2.75) is 26.1 Å². The van der Waals surface area contributed by atoms with Gasteiger partial charge in [-0.1, -0.05) is 6.07 Å². The summed E-state index contributed by atoms with van der Waals surface area (Å²) in [6.45, 7) is 4.10. The van der Waals surface area contributed by atoms with E-state index in [4.69, 9.17) is 14.2 Å². The van der Waals surface area contributed by atoms with E-state index in [2.05, 4.69) is 0 Å². The Balaban J connectivity index is 2.78. The third kappa shape index (κ3) is 3.91. The predicted molar refractivity (Wildman–Crippen MR) is 65.6 cm³/mol. The lowest BCUT2D eigenvalue weighted by molar-refractivity contribution is 0.0705. The summed E-state index contributed by atoms with van der Waals surface area (Å²) in [4.78, 5) is 0. The second-order valence-corrected chi connectivity index (χ2v) is 3.94. The maximum Gasteiger partial charge on any atom is 0.161 e. The van der Waals surface area contributed by atoms with Crippen LogP contribution in [0.5, 0.6) is 11.5 Å². The highest BCUT2D eigenvalue weighted by Crippen LogP contribution is 2.30. The smallest absolute Gasteiger partial charge is 0.161 e. The van der Waals surface area contributed by atoms with E-state index in [1.165, 1.54) is 0 Å². The Labute approximate surface area is 102 Å². The van der Waals surface area contributed by atoms with Gasteiger partial charge in [0.25, 0.3) is 0 Å². The van der Waals surface area contributed by atoms with E-state index in [-0.39, 0.29) is 6.10 Å². The minimum absolute atomic E-state index is 0.0242. The summed E-state index contributed by atoms with van der Waals surface area (Å²) in [5, 5.41) is 9.47. The summed E-state index contributed by atoms with van der Waals surface area (Å²) in [6, 6.07) is 5.39. The molecule has 0 saturated carbocycles. The molecule has 0 spiro atoms. The topological polar surface area (TPSA) is 47.9 Å². The van der Waals surface area contributed by atoms with E-state index < -0.39 is 6.10 Å². The van der Waals surface area contributed by atoms with Crippen molar-refractivity contribution in [2.24, 2.45) is 0 Å². The van der Waals surface area contributed by atoms with Crippen LogP contribution in [0.25, 0.3) is 0 Å². The predicted octanol–water partition coefficient (Wildman–Crippen LogP) is 2.16. The number of aliphatic hydroxyl groups is 1. The zero-order valence-electron chi connectivity index (χ0n) is 10.8. The first-order chi connectivity index (χ1) is 8.08. The number of ether oxygens (including phenoxy) is 3. The molecule has 1 unspecified atom stereocenters. The Kier molecular flexibility index (Phi) is 5.25. The fraction of sp³-hybridized carbons (Fsp3) is 0.538. The van der Waals surface area contributed by atoms with Crippen LogP contribution in [0.15, 0.2) is 18.2 Å². The monoisotopic (exact) mass is 240 g/mol. The standard InChI is InChI=1S/C13H20O4/c1-9(15-3)8-17-12-6-5-11(10(2)14)7-13(12)16-4/h5-7,9-10,14H,8H2,1-4H3/t9?,10-/m1/s1. The number of benzene rings is 1. The van der Waals surface area contributed by atoms with Gasteiger partial charge in [-0.15, -0.1) is 0 Å². The lowest BCUT2D eigenvalue weighted by Gasteiger charge is -2.15. The Bertz CT molecular complexity index is 349. The number of rotatable bonds is 6. The molecule has 0 bridgehead atoms. The van der Waals surface area contributed by atoms with Gasteiger partial charge in [-0.05, 0) is 31.5 Å². The fourth-order valence-corrected chi connectivity index (χ4v) is 1.34. The third-order valence-electron chi connectivity index (χ3n) is 2.55. The summed E-state index contributed by atoms with van der Waals surface area (Å²) in [5.41, 5.74) is 0.800. The molecule has 0 radical (unpaired) electrons.